The van der Waals surface area contributed by atoms with Gasteiger partial charge in [0.05, 0.1) is 17.9 Å². The Kier molecular flexibility index (Phi) is 5.95. The molecule has 1 N–H and O–H groups in total. The Bertz CT molecular complexity index is 939. The van der Waals surface area contributed by atoms with Crippen LogP contribution in [-0.2, 0) is 11.3 Å². The van der Waals surface area contributed by atoms with Crippen LogP contribution in [0.25, 0.3) is 5.69 Å². The molecule has 5 nitrogen and oxygen atoms in total. The molecule has 1 amide bonds. The summed E-state index contributed by atoms with van der Waals surface area (Å²) in [6, 6.07) is 13.9. The van der Waals surface area contributed by atoms with Gasteiger partial charge in [0.2, 0.25) is 5.91 Å². The lowest BCUT2D eigenvalue weighted by Gasteiger charge is -2.24. The van der Waals surface area contributed by atoms with E-state index in [1.165, 1.54) is 5.56 Å². The zero-order chi connectivity index (χ0) is 20.3. The van der Waals surface area contributed by atoms with Crippen molar-refractivity contribution in [2.45, 2.75) is 40.3 Å². The van der Waals surface area contributed by atoms with Crippen molar-refractivity contribution in [1.29, 1.82) is 0 Å². The van der Waals surface area contributed by atoms with Crippen LogP contribution in [0.1, 0.15) is 29.2 Å². The van der Waals surface area contributed by atoms with Gasteiger partial charge in [0, 0.05) is 24.0 Å². The maximum atomic E-state index is 12.8. The summed E-state index contributed by atoms with van der Waals surface area (Å²) in [5.41, 5.74) is 6.37. The molecule has 2 aromatic carbocycles. The van der Waals surface area contributed by atoms with E-state index in [0.717, 1.165) is 28.1 Å². The topological polar surface area (TPSA) is 50.2 Å². The lowest BCUT2D eigenvalue weighted by Crippen LogP contribution is -2.39. The minimum Gasteiger partial charge on any atom is -0.324 e. The number of likely N-dealkylation sites (N-methyl/N-ethyl adjacent to an activating group) is 1. The highest BCUT2D eigenvalue weighted by atomic mass is 16.2. The number of carbonyl (C=O) groups excluding carboxylic acids is 1. The second-order valence-electron chi connectivity index (χ2n) is 7.48. The maximum absolute atomic E-state index is 12.8. The van der Waals surface area contributed by atoms with Crippen molar-refractivity contribution in [1.82, 2.24) is 14.7 Å². The largest absolute Gasteiger partial charge is 0.324 e. The van der Waals surface area contributed by atoms with Crippen LogP contribution < -0.4 is 5.32 Å². The molecule has 0 aliphatic rings. The third-order valence-corrected chi connectivity index (χ3v) is 5.05. The smallest absolute Gasteiger partial charge is 0.241 e. The van der Waals surface area contributed by atoms with Crippen LogP contribution in [0.4, 0.5) is 5.69 Å². The molecule has 1 atom stereocenters. The third-order valence-electron chi connectivity index (χ3n) is 5.05. The van der Waals surface area contributed by atoms with E-state index in [0.29, 0.717) is 6.54 Å². The van der Waals surface area contributed by atoms with E-state index < -0.39 is 0 Å². The Morgan fingerprint density at radius 2 is 1.79 bits per heavy atom. The van der Waals surface area contributed by atoms with Crippen molar-refractivity contribution < 1.29 is 4.79 Å². The first-order valence-electron chi connectivity index (χ1n) is 9.53. The fourth-order valence-corrected chi connectivity index (χ4v) is 3.39. The van der Waals surface area contributed by atoms with E-state index in [1.54, 1.807) is 0 Å². The highest BCUT2D eigenvalue weighted by Gasteiger charge is 2.20. The predicted molar refractivity (Wildman–Crippen MR) is 114 cm³/mol. The second-order valence-corrected chi connectivity index (χ2v) is 7.48. The summed E-state index contributed by atoms with van der Waals surface area (Å²) in [6.45, 7) is 8.70. The summed E-state index contributed by atoms with van der Waals surface area (Å²) >= 11 is 0. The van der Waals surface area contributed by atoms with E-state index in [-0.39, 0.29) is 11.9 Å². The predicted octanol–water partition coefficient (Wildman–Crippen LogP) is 4.26. The van der Waals surface area contributed by atoms with Crippen molar-refractivity contribution in [3.8, 4) is 5.69 Å². The van der Waals surface area contributed by atoms with Crippen LogP contribution in [0.15, 0.2) is 54.9 Å². The number of rotatable bonds is 6. The van der Waals surface area contributed by atoms with Crippen LogP contribution in [0.2, 0.25) is 0 Å². The third kappa shape index (κ3) is 4.49. The summed E-state index contributed by atoms with van der Waals surface area (Å²) in [4.78, 5) is 14.8. The van der Waals surface area contributed by atoms with Gasteiger partial charge in [0.25, 0.3) is 0 Å². The minimum atomic E-state index is -0.264. The Morgan fingerprint density at radius 3 is 2.43 bits per heavy atom. The summed E-state index contributed by atoms with van der Waals surface area (Å²) in [7, 11) is 1.96. The molecule has 1 aromatic heterocycles. The molecule has 0 fully saturated rings. The molecule has 0 saturated carbocycles. The molecule has 0 bridgehead atoms. The number of nitrogens with zero attached hydrogens (tertiary/aromatic N) is 3. The molecule has 3 aromatic rings. The number of amides is 1. The van der Waals surface area contributed by atoms with E-state index in [2.05, 4.69) is 29.5 Å². The van der Waals surface area contributed by atoms with E-state index in [1.807, 2.05) is 80.1 Å². The van der Waals surface area contributed by atoms with Gasteiger partial charge >= 0.3 is 0 Å². The standard InChI is InChI=1S/C23H28N4O/c1-16-11-17(2)22(18(3)12-16)25-23(28)19(4)26(5)14-20-13-24-27(15-20)21-9-7-6-8-10-21/h6-13,15,19H,14H2,1-5H3,(H,25,28). The number of hydrogen-bond acceptors (Lipinski definition) is 3. The van der Waals surface area contributed by atoms with Crippen LogP contribution in [0.3, 0.4) is 0 Å². The highest BCUT2D eigenvalue weighted by molar-refractivity contribution is 5.95. The summed E-state index contributed by atoms with van der Waals surface area (Å²) in [5, 5.41) is 7.53. The van der Waals surface area contributed by atoms with Crippen molar-refractivity contribution in [3.05, 3.63) is 77.1 Å². The summed E-state index contributed by atoms with van der Waals surface area (Å²) in [6.07, 6.45) is 3.85. The molecule has 1 unspecified atom stereocenters. The zero-order valence-electron chi connectivity index (χ0n) is 17.2. The molecule has 0 radical (unpaired) electrons. The summed E-state index contributed by atoms with van der Waals surface area (Å²) in [5.74, 6) is -0.00648. The molecular formula is C23H28N4O. The van der Waals surface area contributed by atoms with Crippen LogP contribution in [0.5, 0.6) is 0 Å². The van der Waals surface area contributed by atoms with E-state index in [9.17, 15) is 4.79 Å². The van der Waals surface area contributed by atoms with Crippen LogP contribution >= 0.6 is 0 Å². The Morgan fingerprint density at radius 1 is 1.14 bits per heavy atom. The lowest BCUT2D eigenvalue weighted by molar-refractivity contribution is -0.120. The number of anilines is 1. The molecule has 5 heteroatoms. The number of aromatic nitrogens is 2. The number of nitrogens with one attached hydrogen (secondary N) is 1. The van der Waals surface area contributed by atoms with Gasteiger partial charge < -0.3 is 5.32 Å². The molecule has 1 heterocycles. The van der Waals surface area contributed by atoms with Gasteiger partial charge in [-0.15, -0.1) is 0 Å². The molecule has 0 spiro atoms. The fraction of sp³-hybridized carbons (Fsp3) is 0.304. The normalized spacial score (nSPS) is 12.2. The average Bonchev–Trinajstić information content (AvgIpc) is 3.13. The first-order valence-corrected chi connectivity index (χ1v) is 9.53. The molecular weight excluding hydrogens is 348 g/mol. The monoisotopic (exact) mass is 376 g/mol. The summed E-state index contributed by atoms with van der Waals surface area (Å²) < 4.78 is 1.85. The zero-order valence-corrected chi connectivity index (χ0v) is 17.2. The van der Waals surface area contributed by atoms with Gasteiger partial charge in [-0.05, 0) is 58.0 Å². The van der Waals surface area contributed by atoms with Crippen molar-refractivity contribution >= 4 is 11.6 Å². The van der Waals surface area contributed by atoms with Crippen LogP contribution in [-0.4, -0.2) is 33.7 Å². The average molecular weight is 377 g/mol. The van der Waals surface area contributed by atoms with Gasteiger partial charge in [-0.25, -0.2) is 4.68 Å². The first-order chi connectivity index (χ1) is 13.3. The molecule has 0 saturated heterocycles. The maximum Gasteiger partial charge on any atom is 0.241 e. The molecule has 3 rings (SSSR count). The van der Waals surface area contributed by atoms with Gasteiger partial charge in [0.1, 0.15) is 0 Å². The van der Waals surface area contributed by atoms with Crippen molar-refractivity contribution in [2.24, 2.45) is 0 Å². The Hall–Kier alpha value is -2.92. The molecule has 0 aliphatic carbocycles. The first kappa shape index (κ1) is 19.8. The Balaban J connectivity index is 1.65. The van der Waals surface area contributed by atoms with Gasteiger partial charge in [0.15, 0.2) is 0 Å². The molecule has 0 aliphatic heterocycles. The van der Waals surface area contributed by atoms with E-state index in [4.69, 9.17) is 0 Å². The molecule has 146 valence electrons. The number of aryl methyl sites for hydroxylation is 3. The number of benzene rings is 2. The number of para-hydroxylation sites is 1. The van der Waals surface area contributed by atoms with Crippen LogP contribution in [0, 0.1) is 20.8 Å². The van der Waals surface area contributed by atoms with E-state index >= 15 is 0 Å². The Labute approximate surface area is 167 Å². The second kappa shape index (κ2) is 8.40. The SMILES string of the molecule is Cc1cc(C)c(NC(=O)C(C)N(C)Cc2cnn(-c3ccccc3)c2)c(C)c1. The fourth-order valence-electron chi connectivity index (χ4n) is 3.39. The number of hydrogen-bond donors (Lipinski definition) is 1. The van der Waals surface area contributed by atoms with Crippen molar-refractivity contribution in [2.75, 3.05) is 12.4 Å². The number of carbonyl (C=O) groups is 1. The van der Waals surface area contributed by atoms with Gasteiger partial charge in [-0.2, -0.15) is 5.10 Å². The van der Waals surface area contributed by atoms with Gasteiger partial charge in [-0.1, -0.05) is 35.9 Å². The highest BCUT2D eigenvalue weighted by Crippen LogP contribution is 2.22. The quantitative estimate of drug-likeness (QED) is 0.699. The molecule has 28 heavy (non-hydrogen) atoms. The lowest BCUT2D eigenvalue weighted by atomic mass is 10.0. The van der Waals surface area contributed by atoms with Gasteiger partial charge in [-0.3, -0.25) is 9.69 Å². The minimum absolute atomic E-state index is 0.00648. The van der Waals surface area contributed by atoms with Crippen molar-refractivity contribution in [3.63, 3.8) is 0 Å².